The minimum Gasteiger partial charge on any atom is -0.508 e. The molecule has 0 aromatic heterocycles. The molecule has 1 amide bonds. The lowest BCUT2D eigenvalue weighted by molar-refractivity contribution is 0.0955. The summed E-state index contributed by atoms with van der Waals surface area (Å²) in [6.45, 7) is 1.42. The van der Waals surface area contributed by atoms with Gasteiger partial charge in [0.05, 0.1) is 6.21 Å². The largest absolute Gasteiger partial charge is 0.508 e. The number of nitrogens with one attached hydrogen (secondary N) is 1. The van der Waals surface area contributed by atoms with Gasteiger partial charge in [0, 0.05) is 12.1 Å². The number of hydrogen-bond donors (Lipinski definition) is 2. The van der Waals surface area contributed by atoms with E-state index in [0.717, 1.165) is 17.9 Å². The molecule has 2 aromatic rings. The standard InChI is InChI=1S/C18H21N3O3/c1-21(2)11-12-24-17-9-5-15(6-10-17)18(23)20-19-13-14-3-7-16(22)8-4-14/h3-10,13,22H,11-12H2,1-2H3,(H,20,23)/b19-13+. The van der Waals surface area contributed by atoms with E-state index in [0.29, 0.717) is 12.2 Å². The van der Waals surface area contributed by atoms with E-state index < -0.39 is 0 Å². The Labute approximate surface area is 141 Å². The fourth-order valence-corrected chi connectivity index (χ4v) is 1.84. The SMILES string of the molecule is CN(C)CCOc1ccc(C(=O)N/N=C/c2ccc(O)cc2)cc1. The Kier molecular flexibility index (Phi) is 6.33. The van der Waals surface area contributed by atoms with Crippen molar-refractivity contribution in [3.8, 4) is 11.5 Å². The van der Waals surface area contributed by atoms with Gasteiger partial charge in [-0.25, -0.2) is 5.43 Å². The van der Waals surface area contributed by atoms with Gasteiger partial charge in [-0.3, -0.25) is 4.79 Å². The average Bonchev–Trinajstić information content (AvgIpc) is 2.57. The Morgan fingerprint density at radius 3 is 2.46 bits per heavy atom. The van der Waals surface area contributed by atoms with Gasteiger partial charge < -0.3 is 14.7 Å². The lowest BCUT2D eigenvalue weighted by Crippen LogP contribution is -2.19. The zero-order valence-corrected chi connectivity index (χ0v) is 13.8. The van der Waals surface area contributed by atoms with Crippen LogP contribution in [0.3, 0.4) is 0 Å². The summed E-state index contributed by atoms with van der Waals surface area (Å²) in [6.07, 6.45) is 1.51. The number of hydrogen-bond acceptors (Lipinski definition) is 5. The molecule has 6 heteroatoms. The summed E-state index contributed by atoms with van der Waals surface area (Å²) >= 11 is 0. The summed E-state index contributed by atoms with van der Waals surface area (Å²) in [4.78, 5) is 14.0. The number of amides is 1. The van der Waals surface area contributed by atoms with Gasteiger partial charge in [0.25, 0.3) is 5.91 Å². The second kappa shape index (κ2) is 8.69. The molecule has 2 N–H and O–H groups in total. The van der Waals surface area contributed by atoms with Gasteiger partial charge in [-0.1, -0.05) is 0 Å². The Bertz CT molecular complexity index is 680. The van der Waals surface area contributed by atoms with E-state index in [1.54, 1.807) is 48.5 Å². The maximum Gasteiger partial charge on any atom is 0.271 e. The zero-order valence-electron chi connectivity index (χ0n) is 13.8. The molecule has 0 saturated heterocycles. The molecule has 0 saturated carbocycles. The summed E-state index contributed by atoms with van der Waals surface area (Å²) in [5.74, 6) is 0.606. The van der Waals surface area contributed by atoms with Crippen LogP contribution in [0.5, 0.6) is 11.5 Å². The zero-order chi connectivity index (χ0) is 17.4. The molecule has 0 bridgehead atoms. The fourth-order valence-electron chi connectivity index (χ4n) is 1.84. The third kappa shape index (κ3) is 5.73. The van der Waals surface area contributed by atoms with Crippen LogP contribution in [0, 0.1) is 0 Å². The predicted molar refractivity (Wildman–Crippen MR) is 93.7 cm³/mol. The van der Waals surface area contributed by atoms with E-state index in [9.17, 15) is 9.90 Å². The number of carbonyl (C=O) groups excluding carboxylic acids is 1. The molecular formula is C18H21N3O3. The smallest absolute Gasteiger partial charge is 0.271 e. The van der Waals surface area contributed by atoms with Crippen LogP contribution in [-0.2, 0) is 0 Å². The second-order valence-electron chi connectivity index (χ2n) is 5.47. The highest BCUT2D eigenvalue weighted by Gasteiger charge is 2.04. The van der Waals surface area contributed by atoms with Gasteiger partial charge in [0.1, 0.15) is 18.1 Å². The molecule has 126 valence electrons. The van der Waals surface area contributed by atoms with E-state index in [1.165, 1.54) is 6.21 Å². The van der Waals surface area contributed by atoms with Gasteiger partial charge >= 0.3 is 0 Å². The first-order valence-corrected chi connectivity index (χ1v) is 7.54. The van der Waals surface area contributed by atoms with Crippen LogP contribution in [-0.4, -0.2) is 49.4 Å². The average molecular weight is 327 g/mol. The summed E-state index contributed by atoms with van der Waals surface area (Å²) in [6, 6.07) is 13.4. The van der Waals surface area contributed by atoms with E-state index in [1.807, 2.05) is 19.0 Å². The van der Waals surface area contributed by atoms with Crippen LogP contribution < -0.4 is 10.2 Å². The van der Waals surface area contributed by atoms with Crippen LogP contribution in [0.4, 0.5) is 0 Å². The lowest BCUT2D eigenvalue weighted by atomic mass is 10.2. The van der Waals surface area contributed by atoms with Crippen molar-refractivity contribution in [2.45, 2.75) is 0 Å². The minimum atomic E-state index is -0.301. The quantitative estimate of drug-likeness (QED) is 0.603. The molecule has 0 atom stereocenters. The van der Waals surface area contributed by atoms with Gasteiger partial charge in [-0.05, 0) is 68.2 Å². The number of likely N-dealkylation sites (N-methyl/N-ethyl adjacent to an activating group) is 1. The van der Waals surface area contributed by atoms with Crippen LogP contribution in [0.25, 0.3) is 0 Å². The molecule has 0 radical (unpaired) electrons. The Morgan fingerprint density at radius 1 is 1.17 bits per heavy atom. The van der Waals surface area contributed by atoms with E-state index in [-0.39, 0.29) is 11.7 Å². The van der Waals surface area contributed by atoms with Crippen LogP contribution in [0.2, 0.25) is 0 Å². The molecule has 0 fully saturated rings. The number of carbonyl (C=O) groups is 1. The van der Waals surface area contributed by atoms with Gasteiger partial charge in [-0.15, -0.1) is 0 Å². The maximum atomic E-state index is 12.0. The van der Waals surface area contributed by atoms with Crippen LogP contribution in [0.1, 0.15) is 15.9 Å². The number of benzene rings is 2. The van der Waals surface area contributed by atoms with Crippen molar-refractivity contribution in [3.05, 3.63) is 59.7 Å². The summed E-state index contributed by atoms with van der Waals surface area (Å²) in [5, 5.41) is 13.1. The first-order chi connectivity index (χ1) is 11.5. The third-order valence-electron chi connectivity index (χ3n) is 3.20. The molecule has 0 aliphatic rings. The Balaban J connectivity index is 1.84. The predicted octanol–water partition coefficient (Wildman–Crippen LogP) is 2.10. The molecule has 0 unspecified atom stereocenters. The first-order valence-electron chi connectivity index (χ1n) is 7.54. The number of hydrazone groups is 1. The number of phenols is 1. The molecule has 0 aliphatic carbocycles. The van der Waals surface area contributed by atoms with Crippen molar-refractivity contribution < 1.29 is 14.6 Å². The highest BCUT2D eigenvalue weighted by molar-refractivity contribution is 5.95. The van der Waals surface area contributed by atoms with Crippen molar-refractivity contribution >= 4 is 12.1 Å². The minimum absolute atomic E-state index is 0.184. The van der Waals surface area contributed by atoms with Crippen molar-refractivity contribution in [1.29, 1.82) is 0 Å². The number of aromatic hydroxyl groups is 1. The summed E-state index contributed by atoms with van der Waals surface area (Å²) in [7, 11) is 3.96. The number of ether oxygens (including phenoxy) is 1. The van der Waals surface area contributed by atoms with E-state index >= 15 is 0 Å². The molecule has 0 heterocycles. The maximum absolute atomic E-state index is 12.0. The number of rotatable bonds is 7. The van der Waals surface area contributed by atoms with Crippen molar-refractivity contribution in [2.75, 3.05) is 27.2 Å². The molecule has 2 aromatic carbocycles. The van der Waals surface area contributed by atoms with Gasteiger partial charge in [0.15, 0.2) is 0 Å². The van der Waals surface area contributed by atoms with Crippen LogP contribution >= 0.6 is 0 Å². The van der Waals surface area contributed by atoms with Gasteiger partial charge in [0.2, 0.25) is 0 Å². The highest BCUT2D eigenvalue weighted by atomic mass is 16.5. The van der Waals surface area contributed by atoms with Crippen molar-refractivity contribution in [1.82, 2.24) is 10.3 Å². The molecule has 0 spiro atoms. The number of nitrogens with zero attached hydrogens (tertiary/aromatic N) is 2. The third-order valence-corrected chi connectivity index (χ3v) is 3.20. The molecule has 0 aliphatic heterocycles. The summed E-state index contributed by atoms with van der Waals surface area (Å²) < 4.78 is 5.58. The van der Waals surface area contributed by atoms with Crippen molar-refractivity contribution in [3.63, 3.8) is 0 Å². The normalized spacial score (nSPS) is 11.0. The number of phenolic OH excluding ortho intramolecular Hbond substituents is 1. The van der Waals surface area contributed by atoms with Crippen LogP contribution in [0.15, 0.2) is 53.6 Å². The first kappa shape index (κ1) is 17.5. The summed E-state index contributed by atoms with van der Waals surface area (Å²) in [5.41, 5.74) is 3.73. The lowest BCUT2D eigenvalue weighted by Gasteiger charge is -2.11. The highest BCUT2D eigenvalue weighted by Crippen LogP contribution is 2.12. The van der Waals surface area contributed by atoms with Gasteiger partial charge in [-0.2, -0.15) is 5.10 Å². The Morgan fingerprint density at radius 2 is 1.83 bits per heavy atom. The molecule has 2 rings (SSSR count). The van der Waals surface area contributed by atoms with E-state index in [2.05, 4.69) is 10.5 Å². The monoisotopic (exact) mass is 327 g/mol. The topological polar surface area (TPSA) is 74.2 Å². The second-order valence-corrected chi connectivity index (χ2v) is 5.47. The molecular weight excluding hydrogens is 306 g/mol. The van der Waals surface area contributed by atoms with Crippen molar-refractivity contribution in [2.24, 2.45) is 5.10 Å². The molecule has 6 nitrogen and oxygen atoms in total. The Hall–Kier alpha value is -2.86. The fraction of sp³-hybridized carbons (Fsp3) is 0.222. The molecule has 24 heavy (non-hydrogen) atoms. The van der Waals surface area contributed by atoms with E-state index in [4.69, 9.17) is 4.74 Å².